The summed E-state index contributed by atoms with van der Waals surface area (Å²) in [6.45, 7) is 6.39. The number of anilines is 1. The Hall–Kier alpha value is -2.56. The first-order valence-corrected chi connectivity index (χ1v) is 14.9. The molecule has 0 aromatic heterocycles. The number of piperazine rings is 1. The van der Waals surface area contributed by atoms with Crippen molar-refractivity contribution in [2.24, 2.45) is 16.8 Å². The molecule has 0 atom stereocenters. The largest absolute Gasteiger partial charge is 0.312 e. The van der Waals surface area contributed by atoms with Crippen LogP contribution >= 0.6 is 0 Å². The second-order valence-electron chi connectivity index (χ2n) is 10.9. The summed E-state index contributed by atoms with van der Waals surface area (Å²) >= 11 is 0. The lowest BCUT2D eigenvalue weighted by molar-refractivity contribution is -0.125. The molecule has 2 saturated heterocycles. The van der Waals surface area contributed by atoms with E-state index in [1.165, 1.54) is 9.71 Å². The van der Waals surface area contributed by atoms with Crippen molar-refractivity contribution in [3.05, 3.63) is 34.7 Å². The third-order valence-corrected chi connectivity index (χ3v) is 9.95. The molecule has 1 aromatic rings. The molecular formula is C27H37N5O4S. The lowest BCUT2D eigenvalue weighted by Gasteiger charge is -2.34. The highest BCUT2D eigenvalue weighted by Gasteiger charge is 2.48. The maximum absolute atomic E-state index is 13.1. The van der Waals surface area contributed by atoms with Crippen LogP contribution in [0.3, 0.4) is 0 Å². The number of rotatable bonds is 5. The number of carbonyl (C=O) groups excluding carboxylic acids is 2. The molecule has 1 spiro atoms. The van der Waals surface area contributed by atoms with Gasteiger partial charge in [0.15, 0.2) is 0 Å². The minimum Gasteiger partial charge on any atom is -0.312 e. The van der Waals surface area contributed by atoms with Crippen LogP contribution in [0.15, 0.2) is 28.6 Å². The first-order valence-electron chi connectivity index (χ1n) is 13.4. The predicted molar refractivity (Wildman–Crippen MR) is 145 cm³/mol. The molecule has 1 aliphatic carbocycles. The van der Waals surface area contributed by atoms with E-state index in [1.807, 2.05) is 25.1 Å². The molecule has 1 saturated carbocycles. The molecule has 3 fully saturated rings. The lowest BCUT2D eigenvalue weighted by Crippen LogP contribution is -2.50. The molecule has 5 rings (SSSR count). The van der Waals surface area contributed by atoms with Crippen molar-refractivity contribution < 1.29 is 18.0 Å². The minimum atomic E-state index is -3.64. The standard InChI is InChI=1S/C27H37N5O4S/c1-19-3-5-22(6-4-19)25-29-26(34)27(30-25)10-13-31(14-11-27)37(35,36)16-9-21-7-8-23(17-20(21)2)32-15-12-28-18-24(32)33/h7-9,16-17,19,22,28H,3-6,10-15,18H2,1-2H3,(H,29,30,34). The third kappa shape index (κ3) is 5.37. The fraction of sp³-hybridized carbons (Fsp3) is 0.593. The Labute approximate surface area is 219 Å². The molecule has 2 amide bonds. The number of aliphatic imine (C=N–C) groups is 1. The van der Waals surface area contributed by atoms with Gasteiger partial charge in [-0.3, -0.25) is 14.6 Å². The number of aryl methyl sites for hydroxylation is 1. The van der Waals surface area contributed by atoms with Gasteiger partial charge < -0.3 is 15.5 Å². The Balaban J connectivity index is 1.23. The van der Waals surface area contributed by atoms with Crippen LogP contribution in [0, 0.1) is 18.8 Å². The summed E-state index contributed by atoms with van der Waals surface area (Å²) in [7, 11) is -3.64. The summed E-state index contributed by atoms with van der Waals surface area (Å²) < 4.78 is 27.6. The molecule has 0 bridgehead atoms. The van der Waals surface area contributed by atoms with Gasteiger partial charge in [0, 0.05) is 43.2 Å². The zero-order valence-corrected chi connectivity index (χ0v) is 22.5. The molecule has 1 aromatic carbocycles. The van der Waals surface area contributed by atoms with Crippen LogP contribution < -0.4 is 15.5 Å². The maximum Gasteiger partial charge on any atom is 0.253 e. The van der Waals surface area contributed by atoms with Crippen LogP contribution in [0.5, 0.6) is 0 Å². The van der Waals surface area contributed by atoms with Gasteiger partial charge in [0.1, 0.15) is 11.4 Å². The second kappa shape index (κ2) is 10.3. The van der Waals surface area contributed by atoms with Crippen molar-refractivity contribution in [3.8, 4) is 0 Å². The summed E-state index contributed by atoms with van der Waals surface area (Å²) in [6, 6.07) is 5.62. The Morgan fingerprint density at radius 1 is 1.08 bits per heavy atom. The summed E-state index contributed by atoms with van der Waals surface area (Å²) in [6.07, 6.45) is 6.81. The van der Waals surface area contributed by atoms with Gasteiger partial charge in [0.25, 0.3) is 5.91 Å². The molecule has 0 radical (unpaired) electrons. The highest BCUT2D eigenvalue weighted by Crippen LogP contribution is 2.36. The molecule has 3 heterocycles. The quantitative estimate of drug-likeness (QED) is 0.611. The number of piperidine rings is 1. The Kier molecular flexibility index (Phi) is 7.26. The van der Waals surface area contributed by atoms with Crippen molar-refractivity contribution in [3.63, 3.8) is 0 Å². The van der Waals surface area contributed by atoms with Crippen molar-refractivity contribution in [1.82, 2.24) is 14.9 Å². The topological polar surface area (TPSA) is 111 Å². The van der Waals surface area contributed by atoms with Gasteiger partial charge in [-0.25, -0.2) is 8.42 Å². The number of sulfonamides is 1. The molecule has 37 heavy (non-hydrogen) atoms. The zero-order chi connectivity index (χ0) is 26.2. The van der Waals surface area contributed by atoms with E-state index in [-0.39, 0.29) is 24.9 Å². The number of amides is 2. The van der Waals surface area contributed by atoms with E-state index in [0.717, 1.165) is 60.8 Å². The van der Waals surface area contributed by atoms with Crippen LogP contribution in [-0.4, -0.2) is 68.6 Å². The van der Waals surface area contributed by atoms with Crippen LogP contribution in [0.1, 0.15) is 56.6 Å². The van der Waals surface area contributed by atoms with E-state index >= 15 is 0 Å². The third-order valence-electron chi connectivity index (χ3n) is 8.38. The average molecular weight is 528 g/mol. The van der Waals surface area contributed by atoms with E-state index in [2.05, 4.69) is 17.6 Å². The monoisotopic (exact) mass is 527 g/mol. The van der Waals surface area contributed by atoms with Gasteiger partial charge >= 0.3 is 0 Å². The first-order chi connectivity index (χ1) is 17.7. The number of nitrogens with zero attached hydrogens (tertiary/aromatic N) is 3. The van der Waals surface area contributed by atoms with Crippen molar-refractivity contribution in [2.75, 3.05) is 37.6 Å². The van der Waals surface area contributed by atoms with Crippen LogP contribution in [0.25, 0.3) is 6.08 Å². The Morgan fingerprint density at radius 2 is 1.81 bits per heavy atom. The molecular weight excluding hydrogens is 490 g/mol. The van der Waals surface area contributed by atoms with Gasteiger partial charge in [-0.1, -0.05) is 25.8 Å². The summed E-state index contributed by atoms with van der Waals surface area (Å²) in [5, 5.41) is 7.35. The number of benzene rings is 1. The number of amidine groups is 1. The molecule has 3 aliphatic heterocycles. The number of hydrogen-bond donors (Lipinski definition) is 2. The zero-order valence-electron chi connectivity index (χ0n) is 21.7. The molecule has 4 aliphatic rings. The Morgan fingerprint density at radius 3 is 2.49 bits per heavy atom. The van der Waals surface area contributed by atoms with Crippen LogP contribution in [0.4, 0.5) is 5.69 Å². The van der Waals surface area contributed by atoms with Gasteiger partial charge in [-0.15, -0.1) is 0 Å². The van der Waals surface area contributed by atoms with Crippen molar-refractivity contribution in [2.45, 2.75) is 57.9 Å². The fourth-order valence-electron chi connectivity index (χ4n) is 5.86. The number of nitrogens with one attached hydrogen (secondary N) is 2. The lowest BCUT2D eigenvalue weighted by atomic mass is 9.82. The maximum atomic E-state index is 13.1. The summed E-state index contributed by atoms with van der Waals surface area (Å²) in [5.41, 5.74) is 1.68. The van der Waals surface area contributed by atoms with Gasteiger partial charge in [-0.2, -0.15) is 4.31 Å². The van der Waals surface area contributed by atoms with Crippen molar-refractivity contribution in [1.29, 1.82) is 0 Å². The van der Waals surface area contributed by atoms with Crippen LogP contribution in [0.2, 0.25) is 0 Å². The highest BCUT2D eigenvalue weighted by molar-refractivity contribution is 7.92. The minimum absolute atomic E-state index is 0.0279. The summed E-state index contributed by atoms with van der Waals surface area (Å²) in [4.78, 5) is 31.7. The van der Waals surface area contributed by atoms with Gasteiger partial charge in [-0.05, 0) is 67.9 Å². The number of hydrogen-bond acceptors (Lipinski definition) is 6. The van der Waals surface area contributed by atoms with E-state index < -0.39 is 15.6 Å². The van der Waals surface area contributed by atoms with Crippen molar-refractivity contribution >= 4 is 39.4 Å². The summed E-state index contributed by atoms with van der Waals surface area (Å²) in [5.74, 6) is 1.80. The SMILES string of the molecule is Cc1cc(N2CCNCC2=O)ccc1C=CS(=O)(=O)N1CCC2(CC1)N=C(C1CCC(C)CC1)NC2=O. The molecule has 200 valence electrons. The van der Waals surface area contributed by atoms with Gasteiger partial charge in [0.2, 0.25) is 15.9 Å². The highest BCUT2D eigenvalue weighted by atomic mass is 32.2. The van der Waals surface area contributed by atoms with Crippen LogP contribution in [-0.2, 0) is 19.6 Å². The smallest absolute Gasteiger partial charge is 0.253 e. The molecule has 9 nitrogen and oxygen atoms in total. The predicted octanol–water partition coefficient (Wildman–Crippen LogP) is 2.42. The van der Waals surface area contributed by atoms with E-state index in [1.54, 1.807) is 11.0 Å². The first kappa shape index (κ1) is 26.1. The molecule has 10 heteroatoms. The molecule has 0 unspecified atom stereocenters. The average Bonchev–Trinajstić information content (AvgIpc) is 3.19. The van der Waals surface area contributed by atoms with Gasteiger partial charge in [0.05, 0.1) is 6.54 Å². The van der Waals surface area contributed by atoms with E-state index in [0.29, 0.717) is 31.8 Å². The Bertz CT molecular complexity index is 1230. The van der Waals surface area contributed by atoms with E-state index in [4.69, 9.17) is 4.99 Å². The number of carbonyl (C=O) groups is 2. The second-order valence-corrected chi connectivity index (χ2v) is 12.8. The van der Waals surface area contributed by atoms with E-state index in [9.17, 15) is 18.0 Å². The fourth-order valence-corrected chi connectivity index (χ4v) is 7.04. The molecule has 2 N–H and O–H groups in total. The normalized spacial score (nSPS) is 27.1.